The molecular formula is C51H31N3OS. The van der Waals surface area contributed by atoms with Crippen LogP contribution in [0.2, 0.25) is 0 Å². The van der Waals surface area contributed by atoms with Gasteiger partial charge in [-0.15, -0.1) is 11.3 Å². The summed E-state index contributed by atoms with van der Waals surface area (Å²) < 4.78 is 9.20. The van der Waals surface area contributed by atoms with Crippen LogP contribution in [0.4, 0.5) is 0 Å². The third kappa shape index (κ3) is 5.65. The number of hydrogen-bond acceptors (Lipinski definition) is 5. The molecule has 11 rings (SSSR count). The van der Waals surface area contributed by atoms with E-state index < -0.39 is 0 Å². The van der Waals surface area contributed by atoms with Crippen LogP contribution in [-0.4, -0.2) is 15.0 Å². The summed E-state index contributed by atoms with van der Waals surface area (Å²) in [4.78, 5) is 15.4. The van der Waals surface area contributed by atoms with Crippen molar-refractivity contribution in [1.82, 2.24) is 15.0 Å². The van der Waals surface area contributed by atoms with Crippen LogP contribution in [0.5, 0.6) is 0 Å². The first-order valence-corrected chi connectivity index (χ1v) is 19.5. The number of rotatable bonds is 6. The van der Waals surface area contributed by atoms with Crippen LogP contribution in [-0.2, 0) is 0 Å². The van der Waals surface area contributed by atoms with E-state index in [-0.39, 0.29) is 0 Å². The molecule has 3 heterocycles. The molecule has 0 saturated carbocycles. The van der Waals surface area contributed by atoms with E-state index in [9.17, 15) is 0 Å². The maximum absolute atomic E-state index is 6.61. The third-order valence-corrected chi connectivity index (χ3v) is 11.7. The highest BCUT2D eigenvalue weighted by Gasteiger charge is 2.18. The normalized spacial score (nSPS) is 11.6. The molecule has 3 aromatic heterocycles. The molecule has 8 aromatic carbocycles. The van der Waals surface area contributed by atoms with E-state index in [2.05, 4.69) is 146 Å². The van der Waals surface area contributed by atoms with Crippen molar-refractivity contribution in [2.75, 3.05) is 0 Å². The molecule has 0 saturated heterocycles. The highest BCUT2D eigenvalue weighted by Crippen LogP contribution is 2.41. The quantitative estimate of drug-likeness (QED) is 0.171. The Morgan fingerprint density at radius 1 is 0.321 bits per heavy atom. The fourth-order valence-electron chi connectivity index (χ4n) is 7.80. The van der Waals surface area contributed by atoms with Crippen molar-refractivity contribution < 1.29 is 4.42 Å². The molecule has 0 radical (unpaired) electrons. The van der Waals surface area contributed by atoms with Crippen molar-refractivity contribution in [1.29, 1.82) is 0 Å². The second kappa shape index (κ2) is 13.3. The number of hydrogen-bond donors (Lipinski definition) is 0. The lowest BCUT2D eigenvalue weighted by atomic mass is 9.96. The van der Waals surface area contributed by atoms with Crippen LogP contribution in [0.15, 0.2) is 192 Å². The van der Waals surface area contributed by atoms with Gasteiger partial charge in [0.1, 0.15) is 11.2 Å². The van der Waals surface area contributed by atoms with E-state index in [0.29, 0.717) is 17.5 Å². The van der Waals surface area contributed by atoms with Crippen LogP contribution in [0.25, 0.3) is 110 Å². The fraction of sp³-hybridized carbons (Fsp3) is 0. The van der Waals surface area contributed by atoms with Gasteiger partial charge in [0.15, 0.2) is 17.5 Å². The van der Waals surface area contributed by atoms with Crippen LogP contribution in [0.3, 0.4) is 0 Å². The molecule has 262 valence electrons. The summed E-state index contributed by atoms with van der Waals surface area (Å²) in [6.07, 6.45) is 0. The van der Waals surface area contributed by atoms with Gasteiger partial charge >= 0.3 is 0 Å². The molecule has 0 atom stereocenters. The molecule has 0 spiro atoms. The zero-order valence-electron chi connectivity index (χ0n) is 30.1. The summed E-state index contributed by atoms with van der Waals surface area (Å²) in [5.41, 5.74) is 11.1. The summed E-state index contributed by atoms with van der Waals surface area (Å²) in [6, 6.07) is 65.7. The number of furan rings is 1. The van der Waals surface area contributed by atoms with Crippen LogP contribution in [0, 0.1) is 0 Å². The molecule has 0 fully saturated rings. The minimum absolute atomic E-state index is 0.581. The van der Waals surface area contributed by atoms with Gasteiger partial charge in [-0.25, -0.2) is 15.0 Å². The SMILES string of the molecule is c1ccc(-c2cc(-c3ccccc3)cc(-c3nc(-c4ccccc4)nc(-c4ccc5c(c4)oc4cccc(-c6ccc7sc8ccccc8c7c6)c45)n3)c2)cc1. The summed E-state index contributed by atoms with van der Waals surface area (Å²) in [7, 11) is 0. The molecule has 0 amide bonds. The Bertz CT molecular complexity index is 3180. The third-order valence-electron chi connectivity index (χ3n) is 10.5. The van der Waals surface area contributed by atoms with Crippen molar-refractivity contribution in [3.05, 3.63) is 188 Å². The Labute approximate surface area is 327 Å². The molecular weight excluding hydrogens is 703 g/mol. The summed E-state index contributed by atoms with van der Waals surface area (Å²) >= 11 is 1.84. The smallest absolute Gasteiger partial charge is 0.164 e. The molecule has 56 heavy (non-hydrogen) atoms. The largest absolute Gasteiger partial charge is 0.456 e. The average Bonchev–Trinajstić information content (AvgIpc) is 3.85. The number of fused-ring (bicyclic) bond motifs is 6. The van der Waals surface area contributed by atoms with Crippen molar-refractivity contribution in [3.63, 3.8) is 0 Å². The van der Waals surface area contributed by atoms with E-state index in [1.165, 1.54) is 25.7 Å². The standard InChI is InChI=1S/C51H31N3OS/c1-4-13-32(14-5-1)37-27-38(33-15-6-2-7-16-33)29-39(28-37)51-53-49(34-17-8-3-9-18-34)52-50(54-51)36-23-25-42-45(31-36)55-44-21-12-20-40(48(42)44)35-24-26-47-43(30-35)41-19-10-11-22-46(41)56-47/h1-31H. The van der Waals surface area contributed by atoms with E-state index in [0.717, 1.165) is 66.4 Å². The molecule has 0 N–H and O–H groups in total. The Kier molecular flexibility index (Phi) is 7.64. The molecule has 11 aromatic rings. The van der Waals surface area contributed by atoms with Gasteiger partial charge in [0.25, 0.3) is 0 Å². The van der Waals surface area contributed by atoms with Gasteiger partial charge in [-0.3, -0.25) is 0 Å². The molecule has 0 aliphatic heterocycles. The summed E-state index contributed by atoms with van der Waals surface area (Å²) in [5.74, 6) is 1.80. The molecule has 0 bridgehead atoms. The maximum Gasteiger partial charge on any atom is 0.164 e. The number of thiophene rings is 1. The van der Waals surface area contributed by atoms with Crippen molar-refractivity contribution in [2.45, 2.75) is 0 Å². The summed E-state index contributed by atoms with van der Waals surface area (Å²) in [6.45, 7) is 0. The molecule has 0 aliphatic rings. The second-order valence-electron chi connectivity index (χ2n) is 14.0. The number of nitrogens with zero attached hydrogens (tertiary/aromatic N) is 3. The minimum atomic E-state index is 0.581. The molecule has 0 aliphatic carbocycles. The van der Waals surface area contributed by atoms with E-state index >= 15 is 0 Å². The maximum atomic E-state index is 6.61. The van der Waals surface area contributed by atoms with Gasteiger partial charge in [0.05, 0.1) is 0 Å². The van der Waals surface area contributed by atoms with Gasteiger partial charge in [-0.2, -0.15) is 0 Å². The lowest BCUT2D eigenvalue weighted by Gasteiger charge is -2.12. The molecule has 0 unspecified atom stereocenters. The van der Waals surface area contributed by atoms with Gasteiger partial charge in [0.2, 0.25) is 0 Å². The Morgan fingerprint density at radius 3 is 1.61 bits per heavy atom. The Balaban J connectivity index is 1.07. The fourth-order valence-corrected chi connectivity index (χ4v) is 8.89. The second-order valence-corrected chi connectivity index (χ2v) is 15.1. The van der Waals surface area contributed by atoms with Gasteiger partial charge in [-0.1, -0.05) is 133 Å². The van der Waals surface area contributed by atoms with Gasteiger partial charge in [0, 0.05) is 47.6 Å². The minimum Gasteiger partial charge on any atom is -0.456 e. The highest BCUT2D eigenvalue weighted by molar-refractivity contribution is 7.25. The average molecular weight is 734 g/mol. The highest BCUT2D eigenvalue weighted by atomic mass is 32.1. The van der Waals surface area contributed by atoms with E-state index in [4.69, 9.17) is 19.4 Å². The number of aromatic nitrogens is 3. The summed E-state index contributed by atoms with van der Waals surface area (Å²) in [5, 5.41) is 4.72. The molecule has 4 nitrogen and oxygen atoms in total. The van der Waals surface area contributed by atoms with Crippen LogP contribution >= 0.6 is 11.3 Å². The topological polar surface area (TPSA) is 51.8 Å². The first-order valence-electron chi connectivity index (χ1n) is 18.7. The predicted molar refractivity (Wildman–Crippen MR) is 233 cm³/mol. The lowest BCUT2D eigenvalue weighted by Crippen LogP contribution is -2.00. The number of benzene rings is 8. The van der Waals surface area contributed by atoms with Crippen molar-refractivity contribution >= 4 is 53.4 Å². The van der Waals surface area contributed by atoms with Gasteiger partial charge < -0.3 is 4.42 Å². The van der Waals surface area contributed by atoms with Crippen molar-refractivity contribution in [2.24, 2.45) is 0 Å². The lowest BCUT2D eigenvalue weighted by molar-refractivity contribution is 0.669. The van der Waals surface area contributed by atoms with E-state index in [1.54, 1.807) is 0 Å². The first-order chi connectivity index (χ1) is 27.7. The van der Waals surface area contributed by atoms with Crippen LogP contribution < -0.4 is 0 Å². The molecule has 5 heteroatoms. The van der Waals surface area contributed by atoms with Gasteiger partial charge in [-0.05, 0) is 88.0 Å². The Morgan fingerprint density at radius 2 is 0.893 bits per heavy atom. The van der Waals surface area contributed by atoms with Crippen LogP contribution in [0.1, 0.15) is 0 Å². The monoisotopic (exact) mass is 733 g/mol. The van der Waals surface area contributed by atoms with Crippen molar-refractivity contribution in [3.8, 4) is 67.5 Å². The first kappa shape index (κ1) is 32.2. The predicted octanol–water partition coefficient (Wildman–Crippen LogP) is 14.1. The Hall–Kier alpha value is -7.21. The zero-order valence-corrected chi connectivity index (χ0v) is 30.9. The van der Waals surface area contributed by atoms with E-state index in [1.807, 2.05) is 53.8 Å². The zero-order chi connectivity index (χ0) is 37.0.